The molecule has 8 nitrogen and oxygen atoms in total. The molecule has 0 heterocycles. The Morgan fingerprint density at radius 3 is 2.00 bits per heavy atom. The van der Waals surface area contributed by atoms with Crippen LogP contribution in [-0.2, 0) is 16.0 Å². The number of hydrogen-bond acceptors (Lipinski definition) is 6. The Morgan fingerprint density at radius 1 is 1.15 bits per heavy atom. The lowest BCUT2D eigenvalue weighted by Crippen LogP contribution is -2.32. The number of hydrogen-bond donors (Lipinski definition) is 6. The van der Waals surface area contributed by atoms with Crippen LogP contribution in [0.15, 0.2) is 18.2 Å². The minimum absolute atomic E-state index is 0.114. The molecule has 1 rings (SSSR count). The van der Waals surface area contributed by atoms with Crippen LogP contribution in [0.5, 0.6) is 11.5 Å². The maximum absolute atomic E-state index is 10.4. The minimum Gasteiger partial charge on any atom is -0.504 e. The maximum Gasteiger partial charge on any atom is 0.332 e. The fourth-order valence-corrected chi connectivity index (χ4v) is 1.04. The first kappa shape index (κ1) is 17.7. The van der Waals surface area contributed by atoms with E-state index in [0.717, 1.165) is 0 Å². The van der Waals surface area contributed by atoms with E-state index in [4.69, 9.17) is 31.3 Å². The average Bonchev–Trinajstić information content (AvgIpc) is 2.34. The molecule has 1 aromatic carbocycles. The van der Waals surface area contributed by atoms with Crippen LogP contribution in [0.3, 0.4) is 0 Å². The van der Waals surface area contributed by atoms with E-state index in [1.165, 1.54) is 25.1 Å². The van der Waals surface area contributed by atoms with E-state index in [-0.39, 0.29) is 17.9 Å². The number of phenolic OH excluding ortho intramolecular Hbond substituents is 2. The molecule has 0 fully saturated rings. The smallest absolute Gasteiger partial charge is 0.332 e. The Hall–Kier alpha value is -2.32. The summed E-state index contributed by atoms with van der Waals surface area (Å²) in [6, 6.07) is 3.09. The van der Waals surface area contributed by atoms with Crippen molar-refractivity contribution < 1.29 is 35.1 Å². The van der Waals surface area contributed by atoms with Gasteiger partial charge in [-0.3, -0.25) is 4.79 Å². The van der Waals surface area contributed by atoms with E-state index in [0.29, 0.717) is 5.56 Å². The summed E-state index contributed by atoms with van der Waals surface area (Å²) < 4.78 is 0. The number of nitrogens with two attached hydrogens (primary N) is 1. The third-order valence-corrected chi connectivity index (χ3v) is 2.17. The van der Waals surface area contributed by atoms with Crippen LogP contribution in [0, 0.1) is 0 Å². The summed E-state index contributed by atoms with van der Waals surface area (Å²) in [6.45, 7) is 1.20. The van der Waals surface area contributed by atoms with Crippen molar-refractivity contribution in [2.24, 2.45) is 5.73 Å². The molecule has 0 saturated carbocycles. The van der Waals surface area contributed by atoms with Gasteiger partial charge in [-0.2, -0.15) is 0 Å². The SMILES string of the molecule is CC(O)C(=O)O.N[C@@H](Cc1ccc(O)c(O)c1)C(=O)O. The van der Waals surface area contributed by atoms with Gasteiger partial charge in [-0.15, -0.1) is 0 Å². The molecule has 0 aliphatic heterocycles. The maximum atomic E-state index is 10.4. The van der Waals surface area contributed by atoms with Crippen molar-refractivity contribution in [2.75, 3.05) is 0 Å². The van der Waals surface area contributed by atoms with Gasteiger partial charge in [-0.1, -0.05) is 6.07 Å². The molecule has 0 aliphatic carbocycles. The van der Waals surface area contributed by atoms with Gasteiger partial charge in [-0.25, -0.2) is 4.79 Å². The van der Waals surface area contributed by atoms with Crippen molar-refractivity contribution in [1.82, 2.24) is 0 Å². The number of carbonyl (C=O) groups is 2. The molecule has 1 aromatic rings. The van der Waals surface area contributed by atoms with Crippen LogP contribution >= 0.6 is 0 Å². The molecule has 112 valence electrons. The number of aromatic hydroxyl groups is 2. The summed E-state index contributed by atoms with van der Waals surface area (Å²) in [5.74, 6) is -2.80. The van der Waals surface area contributed by atoms with Crippen molar-refractivity contribution in [3.8, 4) is 11.5 Å². The highest BCUT2D eigenvalue weighted by molar-refractivity contribution is 5.73. The van der Waals surface area contributed by atoms with Crippen LogP contribution in [0.1, 0.15) is 12.5 Å². The molecule has 1 unspecified atom stereocenters. The molecule has 7 N–H and O–H groups in total. The fraction of sp³-hybridized carbons (Fsp3) is 0.333. The number of aliphatic carboxylic acids is 2. The molecule has 0 radical (unpaired) electrons. The van der Waals surface area contributed by atoms with Crippen molar-refractivity contribution in [3.63, 3.8) is 0 Å². The van der Waals surface area contributed by atoms with Gasteiger partial charge in [0.25, 0.3) is 0 Å². The van der Waals surface area contributed by atoms with Crippen LogP contribution in [0.25, 0.3) is 0 Å². The zero-order chi connectivity index (χ0) is 15.9. The Labute approximate surface area is 114 Å². The van der Waals surface area contributed by atoms with Gasteiger partial charge in [0.15, 0.2) is 11.5 Å². The van der Waals surface area contributed by atoms with Gasteiger partial charge in [0, 0.05) is 0 Å². The van der Waals surface area contributed by atoms with E-state index in [1.54, 1.807) is 0 Å². The molecular formula is C12H17NO7. The number of aliphatic hydroxyl groups is 1. The number of carboxylic acids is 2. The third kappa shape index (κ3) is 6.57. The highest BCUT2D eigenvalue weighted by atomic mass is 16.4. The first-order chi connectivity index (χ1) is 9.15. The third-order valence-electron chi connectivity index (χ3n) is 2.17. The van der Waals surface area contributed by atoms with E-state index < -0.39 is 24.1 Å². The van der Waals surface area contributed by atoms with Crippen LogP contribution < -0.4 is 5.73 Å². The number of carboxylic acid groups (broad SMARTS) is 2. The summed E-state index contributed by atoms with van der Waals surface area (Å²) in [5.41, 5.74) is 5.86. The second-order valence-corrected chi connectivity index (χ2v) is 3.99. The normalized spacial score (nSPS) is 12.8. The molecule has 2 atom stereocenters. The average molecular weight is 287 g/mol. The summed E-state index contributed by atoms with van der Waals surface area (Å²) in [5, 5.41) is 42.4. The predicted molar refractivity (Wildman–Crippen MR) is 68.4 cm³/mol. The van der Waals surface area contributed by atoms with Crippen LogP contribution in [0.2, 0.25) is 0 Å². The molecule has 8 heteroatoms. The van der Waals surface area contributed by atoms with E-state index in [1.807, 2.05) is 0 Å². The van der Waals surface area contributed by atoms with Gasteiger partial charge < -0.3 is 31.3 Å². The molecule has 20 heavy (non-hydrogen) atoms. The summed E-state index contributed by atoms with van der Waals surface area (Å²) in [4.78, 5) is 19.9. The Morgan fingerprint density at radius 2 is 1.65 bits per heavy atom. The molecule has 0 spiro atoms. The van der Waals surface area contributed by atoms with Crippen molar-refractivity contribution in [3.05, 3.63) is 23.8 Å². The topological polar surface area (TPSA) is 161 Å². The van der Waals surface area contributed by atoms with Gasteiger partial charge >= 0.3 is 11.9 Å². The number of aliphatic hydroxyl groups excluding tert-OH is 1. The molecule has 0 aliphatic rings. The fourth-order valence-electron chi connectivity index (χ4n) is 1.04. The molecule has 0 aromatic heterocycles. The van der Waals surface area contributed by atoms with Gasteiger partial charge in [-0.05, 0) is 31.0 Å². The predicted octanol–water partition coefficient (Wildman–Crippen LogP) is -0.496. The lowest BCUT2D eigenvalue weighted by Gasteiger charge is -2.06. The van der Waals surface area contributed by atoms with Crippen molar-refractivity contribution >= 4 is 11.9 Å². The minimum atomic E-state index is -1.23. The second kappa shape index (κ2) is 7.97. The number of rotatable bonds is 4. The molecule has 0 amide bonds. The zero-order valence-corrected chi connectivity index (χ0v) is 10.7. The highest BCUT2D eigenvalue weighted by Crippen LogP contribution is 2.25. The highest BCUT2D eigenvalue weighted by Gasteiger charge is 2.12. The monoisotopic (exact) mass is 287 g/mol. The van der Waals surface area contributed by atoms with Crippen molar-refractivity contribution in [1.29, 1.82) is 0 Å². The molecular weight excluding hydrogens is 270 g/mol. The largest absolute Gasteiger partial charge is 0.504 e. The Bertz CT molecular complexity index is 473. The van der Waals surface area contributed by atoms with Gasteiger partial charge in [0.05, 0.1) is 0 Å². The number of phenols is 2. The molecule has 0 saturated heterocycles. The van der Waals surface area contributed by atoms with Gasteiger partial charge in [0.1, 0.15) is 12.1 Å². The van der Waals surface area contributed by atoms with Gasteiger partial charge in [0.2, 0.25) is 0 Å². The summed E-state index contributed by atoms with van der Waals surface area (Å²) >= 11 is 0. The van der Waals surface area contributed by atoms with E-state index in [9.17, 15) is 9.59 Å². The quantitative estimate of drug-likeness (QED) is 0.404. The lowest BCUT2D eigenvalue weighted by atomic mass is 10.1. The zero-order valence-electron chi connectivity index (χ0n) is 10.7. The standard InChI is InChI=1S/C9H11NO4.C3H6O3/c10-6(9(13)14)3-5-1-2-7(11)8(12)4-5;1-2(4)3(5)6/h1-2,4,6,11-12H,3,10H2,(H,13,14);2,4H,1H3,(H,5,6)/t6-;/m0./s1. The first-order valence-electron chi connectivity index (χ1n) is 5.55. The van der Waals surface area contributed by atoms with Crippen LogP contribution in [-0.4, -0.2) is 49.6 Å². The van der Waals surface area contributed by atoms with Crippen molar-refractivity contribution in [2.45, 2.75) is 25.5 Å². The van der Waals surface area contributed by atoms with Crippen LogP contribution in [0.4, 0.5) is 0 Å². The van der Waals surface area contributed by atoms with E-state index in [2.05, 4.69) is 0 Å². The summed E-state index contributed by atoms with van der Waals surface area (Å²) in [6.07, 6.45) is -1.12. The first-order valence-corrected chi connectivity index (χ1v) is 5.55. The summed E-state index contributed by atoms with van der Waals surface area (Å²) in [7, 11) is 0. The Balaban J connectivity index is 0.000000511. The Kier molecular flexibility index (Phi) is 7.05. The second-order valence-electron chi connectivity index (χ2n) is 3.99. The molecule has 0 bridgehead atoms. The van der Waals surface area contributed by atoms with E-state index >= 15 is 0 Å². The number of benzene rings is 1. The lowest BCUT2D eigenvalue weighted by molar-refractivity contribution is -0.145.